The van der Waals surface area contributed by atoms with Gasteiger partial charge in [0.25, 0.3) is 0 Å². The molecule has 3 rings (SSSR count). The van der Waals surface area contributed by atoms with Gasteiger partial charge in [-0.3, -0.25) is 4.99 Å². The van der Waals surface area contributed by atoms with E-state index < -0.39 is 0 Å². The highest BCUT2D eigenvalue weighted by Gasteiger charge is 2.35. The summed E-state index contributed by atoms with van der Waals surface area (Å²) in [5.41, 5.74) is 0. The Balaban J connectivity index is 1.39. The summed E-state index contributed by atoms with van der Waals surface area (Å²) in [5.74, 6) is 3.63. The summed E-state index contributed by atoms with van der Waals surface area (Å²) in [6.07, 6.45) is 5.73. The molecule has 1 saturated carbocycles. The third-order valence-electron chi connectivity index (χ3n) is 6.58. The fourth-order valence-electron chi connectivity index (χ4n) is 4.97. The quantitative estimate of drug-likeness (QED) is 0.608. The summed E-state index contributed by atoms with van der Waals surface area (Å²) in [6, 6.07) is 0. The molecule has 1 aliphatic carbocycles. The van der Waals surface area contributed by atoms with Gasteiger partial charge in [0.1, 0.15) is 0 Å². The lowest BCUT2D eigenvalue weighted by atomic mass is 9.82. The van der Waals surface area contributed by atoms with Gasteiger partial charge in [0.15, 0.2) is 5.96 Å². The number of rotatable bonds is 5. The highest BCUT2D eigenvalue weighted by atomic mass is 15.3. The van der Waals surface area contributed by atoms with Gasteiger partial charge in [-0.25, -0.2) is 0 Å². The minimum absolute atomic E-state index is 0.662. The van der Waals surface area contributed by atoms with Crippen LogP contribution < -0.4 is 5.32 Å². The molecule has 3 unspecified atom stereocenters. The number of aliphatic imine (C=N–C) groups is 1. The van der Waals surface area contributed by atoms with Gasteiger partial charge in [0.05, 0.1) is 0 Å². The third-order valence-corrected chi connectivity index (χ3v) is 6.58. The second kappa shape index (κ2) is 9.22. The molecule has 0 bridgehead atoms. The molecular weight excluding hydrogens is 310 g/mol. The first-order chi connectivity index (χ1) is 12.2. The number of hydrogen-bond acceptors (Lipinski definition) is 3. The number of hydrogen-bond donors (Lipinski definition) is 1. The molecule has 144 valence electrons. The van der Waals surface area contributed by atoms with Crippen molar-refractivity contribution in [3.8, 4) is 0 Å². The van der Waals surface area contributed by atoms with Crippen molar-refractivity contribution < 1.29 is 0 Å². The Morgan fingerprint density at radius 3 is 2.20 bits per heavy atom. The molecule has 2 aliphatic heterocycles. The van der Waals surface area contributed by atoms with E-state index in [2.05, 4.69) is 38.9 Å². The Morgan fingerprint density at radius 2 is 1.64 bits per heavy atom. The molecule has 5 heteroatoms. The van der Waals surface area contributed by atoms with Crippen molar-refractivity contribution in [1.82, 2.24) is 20.0 Å². The maximum absolute atomic E-state index is 4.58. The van der Waals surface area contributed by atoms with E-state index >= 15 is 0 Å². The first-order valence-corrected chi connectivity index (χ1v) is 10.6. The Bertz CT molecular complexity index is 416. The maximum Gasteiger partial charge on any atom is 0.193 e. The molecule has 2 saturated heterocycles. The average molecular weight is 350 g/mol. The topological polar surface area (TPSA) is 34.1 Å². The highest BCUT2D eigenvalue weighted by molar-refractivity contribution is 5.80. The van der Waals surface area contributed by atoms with Crippen molar-refractivity contribution in [1.29, 1.82) is 0 Å². The van der Waals surface area contributed by atoms with Crippen LogP contribution >= 0.6 is 0 Å². The second-order valence-corrected chi connectivity index (χ2v) is 8.48. The molecule has 0 aromatic carbocycles. The lowest BCUT2D eigenvalue weighted by Gasteiger charge is -2.35. The Hall–Kier alpha value is -0.810. The van der Waals surface area contributed by atoms with E-state index in [4.69, 9.17) is 0 Å². The first kappa shape index (κ1) is 19.0. The molecule has 2 heterocycles. The van der Waals surface area contributed by atoms with Crippen LogP contribution in [0.3, 0.4) is 0 Å². The predicted octanol–water partition coefficient (Wildman–Crippen LogP) is 1.96. The molecule has 0 amide bonds. The van der Waals surface area contributed by atoms with E-state index in [-0.39, 0.29) is 0 Å². The molecule has 0 aromatic rings. The van der Waals surface area contributed by atoms with Crippen molar-refractivity contribution in [2.45, 2.75) is 39.5 Å². The molecule has 0 spiro atoms. The van der Waals surface area contributed by atoms with Crippen LogP contribution in [0.4, 0.5) is 0 Å². The Labute approximate surface area is 154 Å². The van der Waals surface area contributed by atoms with Gasteiger partial charge in [-0.15, -0.1) is 0 Å². The summed E-state index contributed by atoms with van der Waals surface area (Å²) in [7, 11) is 1.94. The van der Waals surface area contributed by atoms with Crippen molar-refractivity contribution in [3.05, 3.63) is 0 Å². The fourth-order valence-corrected chi connectivity index (χ4v) is 4.97. The molecule has 3 aliphatic rings. The van der Waals surface area contributed by atoms with Crippen LogP contribution in [-0.4, -0.2) is 86.6 Å². The van der Waals surface area contributed by atoms with Gasteiger partial charge < -0.3 is 20.0 Å². The van der Waals surface area contributed by atoms with Crippen LogP contribution in [0.15, 0.2) is 4.99 Å². The lowest BCUT2D eigenvalue weighted by Crippen LogP contribution is -2.49. The van der Waals surface area contributed by atoms with Crippen molar-refractivity contribution >= 4 is 5.96 Å². The molecule has 0 radical (unpaired) electrons. The van der Waals surface area contributed by atoms with Crippen LogP contribution in [0.1, 0.15) is 39.5 Å². The number of fused-ring (bicyclic) bond motifs is 1. The lowest BCUT2D eigenvalue weighted by molar-refractivity contribution is 0.124. The molecular formula is C20H39N5. The first-order valence-electron chi connectivity index (χ1n) is 10.6. The molecule has 25 heavy (non-hydrogen) atoms. The van der Waals surface area contributed by atoms with Crippen LogP contribution in [0.2, 0.25) is 0 Å². The normalized spacial score (nSPS) is 30.4. The number of nitrogens with zero attached hydrogens (tertiary/aromatic N) is 4. The molecule has 0 aromatic heterocycles. The van der Waals surface area contributed by atoms with E-state index in [9.17, 15) is 0 Å². The van der Waals surface area contributed by atoms with E-state index in [0.29, 0.717) is 5.92 Å². The second-order valence-electron chi connectivity index (χ2n) is 8.48. The van der Waals surface area contributed by atoms with E-state index in [1.165, 1.54) is 78.0 Å². The number of piperazine rings is 1. The van der Waals surface area contributed by atoms with Crippen LogP contribution in [0, 0.1) is 17.8 Å². The van der Waals surface area contributed by atoms with Gasteiger partial charge >= 0.3 is 0 Å². The van der Waals surface area contributed by atoms with Gasteiger partial charge in [0.2, 0.25) is 0 Å². The largest absolute Gasteiger partial charge is 0.356 e. The molecule has 5 nitrogen and oxygen atoms in total. The number of nitrogens with one attached hydrogen (secondary N) is 1. The summed E-state index contributed by atoms with van der Waals surface area (Å²) in [6.45, 7) is 15.4. The van der Waals surface area contributed by atoms with Gasteiger partial charge in [-0.1, -0.05) is 26.7 Å². The highest BCUT2D eigenvalue weighted by Crippen LogP contribution is 2.35. The van der Waals surface area contributed by atoms with E-state index in [0.717, 1.165) is 24.3 Å². The fraction of sp³-hybridized carbons (Fsp3) is 0.950. The van der Waals surface area contributed by atoms with Crippen molar-refractivity contribution in [2.75, 3.05) is 66.0 Å². The van der Waals surface area contributed by atoms with Gasteiger partial charge in [-0.2, -0.15) is 0 Å². The maximum atomic E-state index is 4.58. The number of likely N-dealkylation sites (tertiary alicyclic amines) is 1. The summed E-state index contributed by atoms with van der Waals surface area (Å²) < 4.78 is 0. The molecule has 1 N–H and O–H groups in total. The monoisotopic (exact) mass is 349 g/mol. The van der Waals surface area contributed by atoms with Crippen LogP contribution in [-0.2, 0) is 0 Å². The van der Waals surface area contributed by atoms with E-state index in [1.54, 1.807) is 0 Å². The SMILES string of the molecule is CCN1CCN(CC(C)CNC(=NC)N2CC3CCCCC3C2)CC1. The Morgan fingerprint density at radius 1 is 1.04 bits per heavy atom. The standard InChI is InChI=1S/C20H39N5/c1-4-23-9-11-24(12-10-23)14-17(2)13-22-20(21-3)25-15-18-7-5-6-8-19(18)16-25/h17-19H,4-16H2,1-3H3,(H,21,22). The minimum Gasteiger partial charge on any atom is -0.356 e. The zero-order chi connectivity index (χ0) is 17.6. The van der Waals surface area contributed by atoms with Crippen LogP contribution in [0.5, 0.6) is 0 Å². The average Bonchev–Trinajstić information content (AvgIpc) is 3.06. The number of likely N-dealkylation sites (N-methyl/N-ethyl adjacent to an activating group) is 1. The van der Waals surface area contributed by atoms with E-state index in [1.807, 2.05) is 7.05 Å². The summed E-state index contributed by atoms with van der Waals surface area (Å²) in [4.78, 5) is 12.3. The predicted molar refractivity (Wildman–Crippen MR) is 106 cm³/mol. The van der Waals surface area contributed by atoms with Crippen molar-refractivity contribution in [3.63, 3.8) is 0 Å². The van der Waals surface area contributed by atoms with Crippen LogP contribution in [0.25, 0.3) is 0 Å². The van der Waals surface area contributed by atoms with Gasteiger partial charge in [-0.05, 0) is 37.1 Å². The minimum atomic E-state index is 0.662. The molecule has 3 atom stereocenters. The summed E-state index contributed by atoms with van der Waals surface area (Å²) in [5, 5.41) is 3.67. The smallest absolute Gasteiger partial charge is 0.193 e. The Kier molecular flexibility index (Phi) is 7.00. The van der Waals surface area contributed by atoms with Gasteiger partial charge in [0, 0.05) is 59.4 Å². The molecule has 3 fully saturated rings. The van der Waals surface area contributed by atoms with Crippen molar-refractivity contribution in [2.24, 2.45) is 22.7 Å². The summed E-state index contributed by atoms with van der Waals surface area (Å²) >= 11 is 0. The zero-order valence-corrected chi connectivity index (χ0v) is 16.7. The zero-order valence-electron chi connectivity index (χ0n) is 16.7. The number of guanidine groups is 1. The third kappa shape index (κ3) is 5.10.